The minimum absolute atomic E-state index is 0.0109. The van der Waals surface area contributed by atoms with Crippen LogP contribution in [0.3, 0.4) is 0 Å². The van der Waals surface area contributed by atoms with E-state index in [1.165, 1.54) is 53.3 Å². The molecule has 0 bridgehead atoms. The summed E-state index contributed by atoms with van der Waals surface area (Å²) >= 11 is 0. The molecule has 4 aromatic carbocycles. The number of nitrogens with one attached hydrogen (secondary N) is 2. The summed E-state index contributed by atoms with van der Waals surface area (Å²) in [6, 6.07) is 17.5. The molecule has 5 amide bonds. The lowest BCUT2D eigenvalue weighted by atomic mass is 9.84. The number of ether oxygens (including phenoxy) is 2. The number of Topliss-reactive ketones (excluding diaryl/α,β-unsaturated/α-hetero) is 1. The second-order valence-corrected chi connectivity index (χ2v) is 22.5. The van der Waals surface area contributed by atoms with Crippen molar-refractivity contribution in [3.8, 4) is 17.0 Å². The van der Waals surface area contributed by atoms with Gasteiger partial charge in [0.15, 0.2) is 6.29 Å². The quantitative estimate of drug-likeness (QED) is 0.0136. The van der Waals surface area contributed by atoms with Gasteiger partial charge in [0.1, 0.15) is 59.7 Å². The maximum absolute atomic E-state index is 16.2. The number of aromatic nitrogens is 2. The molecule has 5 aromatic rings. The van der Waals surface area contributed by atoms with Crippen LogP contribution < -0.4 is 26.8 Å². The third kappa shape index (κ3) is 18.2. The van der Waals surface area contributed by atoms with Gasteiger partial charge >= 0.3 is 6.09 Å². The lowest BCUT2D eigenvalue weighted by Crippen LogP contribution is -2.49. The van der Waals surface area contributed by atoms with Crippen LogP contribution in [-0.4, -0.2) is 111 Å². The standard InChI is InChI=1S/C61H74F4N8O10/c1-36(2)47(27-45(76)13-10-24-82-46-22-18-40(34-74)51(66)28-46)57(78)70-52(14-7-8-15-54(67)77)58(79)68-44-20-16-38(17-21-44)35-83-60(81)72-30-41(50(65)32-72)31-73(59(80)37(3)75)55(61(4,5)6)56-69-53(48-26-43(63)19-23-49(48)64)33-71(56)29-39-11-9-12-42(62)25-39/h9,11-12,16-23,25-26,28,33-34,36-37,41,47,50,52,55,75H,7-8,10,13-15,24,27,29-32,35,66H2,1-6H3,(H2,67,77)(H,68,79)(H,70,78)/t37-,41+,47+,50+,52+,55+/m1/s1. The minimum atomic E-state index is -1.66. The first-order chi connectivity index (χ1) is 39.3. The molecule has 0 unspecified atom stereocenters. The number of unbranched alkanes of at least 4 members (excludes halogenated alkanes) is 1. The van der Waals surface area contributed by atoms with Crippen molar-refractivity contribution in [2.24, 2.45) is 28.9 Å². The van der Waals surface area contributed by atoms with E-state index in [1.54, 1.807) is 75.6 Å². The second kappa shape index (κ2) is 29.2. The van der Waals surface area contributed by atoms with Crippen LogP contribution in [0.5, 0.6) is 5.75 Å². The number of nitrogen functional groups attached to an aromatic ring is 1. The number of rotatable bonds is 28. The highest BCUT2D eigenvalue weighted by molar-refractivity contribution is 5.98. The van der Waals surface area contributed by atoms with Gasteiger partial charge in [0.25, 0.3) is 5.91 Å². The summed E-state index contributed by atoms with van der Waals surface area (Å²) in [7, 11) is 0. The summed E-state index contributed by atoms with van der Waals surface area (Å²) in [5.74, 6) is -5.97. The molecule has 7 N–H and O–H groups in total. The Hall–Kier alpha value is -8.14. The number of imidazole rings is 1. The molecule has 22 heteroatoms. The smallest absolute Gasteiger partial charge is 0.410 e. The van der Waals surface area contributed by atoms with E-state index in [2.05, 4.69) is 10.6 Å². The van der Waals surface area contributed by atoms with Crippen molar-refractivity contribution < 1.29 is 65.7 Å². The molecule has 6 atom stereocenters. The van der Waals surface area contributed by atoms with Gasteiger partial charge in [-0.3, -0.25) is 28.8 Å². The molecule has 0 saturated carbocycles. The maximum Gasteiger partial charge on any atom is 0.410 e. The molecule has 83 heavy (non-hydrogen) atoms. The van der Waals surface area contributed by atoms with Gasteiger partial charge in [-0.2, -0.15) is 0 Å². The van der Waals surface area contributed by atoms with Crippen molar-refractivity contribution in [2.45, 2.75) is 124 Å². The number of carbonyl (C=O) groups excluding carboxylic acids is 7. The number of alkyl halides is 1. The van der Waals surface area contributed by atoms with Crippen LogP contribution in [0.1, 0.15) is 120 Å². The van der Waals surface area contributed by atoms with Crippen molar-refractivity contribution in [3.05, 3.63) is 131 Å². The summed E-state index contributed by atoms with van der Waals surface area (Å²) in [5, 5.41) is 16.4. The molecule has 0 radical (unpaired) electrons. The number of nitrogens with zero attached hydrogens (tertiary/aromatic N) is 4. The molecule has 1 fully saturated rings. The Labute approximate surface area is 480 Å². The predicted octanol–water partition coefficient (Wildman–Crippen LogP) is 8.87. The van der Waals surface area contributed by atoms with Gasteiger partial charge in [0, 0.05) is 85.5 Å². The van der Waals surface area contributed by atoms with Gasteiger partial charge in [-0.15, -0.1) is 0 Å². The number of anilines is 2. The average Bonchev–Trinajstić information content (AvgIpc) is 3.39. The molecule has 1 aromatic heterocycles. The molecule has 1 saturated heterocycles. The number of primary amides is 1. The van der Waals surface area contributed by atoms with Gasteiger partial charge in [-0.25, -0.2) is 27.3 Å². The predicted molar refractivity (Wildman–Crippen MR) is 302 cm³/mol. The first-order valence-electron chi connectivity index (χ1n) is 27.6. The maximum atomic E-state index is 16.2. The average molecular weight is 1160 g/mol. The number of aldehydes is 1. The Bertz CT molecular complexity index is 3090. The fourth-order valence-electron chi connectivity index (χ4n) is 9.93. The van der Waals surface area contributed by atoms with Crippen molar-refractivity contribution in [1.82, 2.24) is 24.7 Å². The van der Waals surface area contributed by atoms with Crippen molar-refractivity contribution in [3.63, 3.8) is 0 Å². The Morgan fingerprint density at radius 2 is 1.60 bits per heavy atom. The molecule has 0 aliphatic carbocycles. The van der Waals surface area contributed by atoms with Crippen LogP contribution in [-0.2, 0) is 41.9 Å². The van der Waals surface area contributed by atoms with Gasteiger partial charge in [0.05, 0.1) is 24.9 Å². The normalized spacial score (nSPS) is 15.7. The molecule has 18 nitrogen and oxygen atoms in total. The van der Waals surface area contributed by atoms with E-state index in [-0.39, 0.29) is 99.5 Å². The van der Waals surface area contributed by atoms with E-state index >= 15 is 8.78 Å². The lowest BCUT2D eigenvalue weighted by molar-refractivity contribution is -0.146. The van der Waals surface area contributed by atoms with E-state index in [1.807, 2.05) is 0 Å². The Kier molecular flexibility index (Phi) is 22.5. The summed E-state index contributed by atoms with van der Waals surface area (Å²) in [6.07, 6.45) is -0.620. The molecule has 1 aliphatic rings. The first-order valence-corrected chi connectivity index (χ1v) is 27.6. The second-order valence-electron chi connectivity index (χ2n) is 22.5. The largest absolute Gasteiger partial charge is 0.494 e. The van der Waals surface area contributed by atoms with E-state index in [0.29, 0.717) is 53.7 Å². The van der Waals surface area contributed by atoms with E-state index < -0.39 is 88.8 Å². The highest BCUT2D eigenvalue weighted by Crippen LogP contribution is 2.41. The zero-order valence-corrected chi connectivity index (χ0v) is 47.5. The number of carbonyl (C=O) groups is 7. The van der Waals surface area contributed by atoms with Crippen LogP contribution in [0.2, 0.25) is 0 Å². The number of hydrogen-bond acceptors (Lipinski definition) is 12. The van der Waals surface area contributed by atoms with Crippen molar-refractivity contribution >= 4 is 53.2 Å². The monoisotopic (exact) mass is 1150 g/mol. The summed E-state index contributed by atoms with van der Waals surface area (Å²) in [6.45, 7) is 9.27. The number of amides is 5. The third-order valence-electron chi connectivity index (χ3n) is 14.3. The molecular weight excluding hydrogens is 1080 g/mol. The fraction of sp³-hybridized carbons (Fsp3) is 0.443. The van der Waals surface area contributed by atoms with Gasteiger partial charge < -0.3 is 51.0 Å². The minimum Gasteiger partial charge on any atom is -0.494 e. The fourth-order valence-corrected chi connectivity index (χ4v) is 9.93. The topological polar surface area (TPSA) is 259 Å². The van der Waals surface area contributed by atoms with E-state index in [9.17, 15) is 47.4 Å². The SMILES string of the molecule is CC(C)[C@H](CC(=O)CCCOc1ccc(C=O)c(N)c1)C(=O)N[C@@H](CCCCC(N)=O)C(=O)Nc1ccc(COC(=O)N2C[C@@H](CN(C(=O)[C@@H](C)O)[C@@H](c3nc(-c4cc(F)ccc4F)cn3Cc3cccc(F)c3)C(C)(C)C)[C@@H](F)C2)cc1. The molecule has 446 valence electrons. The number of halogens is 4. The number of benzene rings is 4. The number of ketones is 1. The summed E-state index contributed by atoms with van der Waals surface area (Å²) < 4.78 is 73.4. The zero-order chi connectivity index (χ0) is 60.7. The van der Waals surface area contributed by atoms with Crippen LogP contribution in [0, 0.1) is 40.6 Å². The molecule has 1 aliphatic heterocycles. The lowest BCUT2D eigenvalue weighted by Gasteiger charge is -2.41. The van der Waals surface area contributed by atoms with Crippen molar-refractivity contribution in [1.29, 1.82) is 0 Å². The Morgan fingerprint density at radius 3 is 2.25 bits per heavy atom. The Balaban J connectivity index is 1.08. The zero-order valence-electron chi connectivity index (χ0n) is 47.5. The highest BCUT2D eigenvalue weighted by Gasteiger charge is 2.44. The summed E-state index contributed by atoms with van der Waals surface area (Å²) in [4.78, 5) is 98.1. The van der Waals surface area contributed by atoms with Gasteiger partial charge in [-0.1, -0.05) is 65.3 Å². The van der Waals surface area contributed by atoms with Crippen molar-refractivity contribution in [2.75, 3.05) is 37.3 Å². The summed E-state index contributed by atoms with van der Waals surface area (Å²) in [5.41, 5.74) is 12.0. The highest BCUT2D eigenvalue weighted by atomic mass is 19.1. The third-order valence-corrected chi connectivity index (χ3v) is 14.3. The van der Waals surface area contributed by atoms with E-state index in [4.69, 9.17) is 25.9 Å². The van der Waals surface area contributed by atoms with Crippen LogP contribution >= 0.6 is 0 Å². The van der Waals surface area contributed by atoms with Gasteiger partial charge in [0.2, 0.25) is 17.7 Å². The molecule has 2 heterocycles. The van der Waals surface area contributed by atoms with E-state index in [0.717, 1.165) is 18.2 Å². The number of likely N-dealkylation sites (tertiary alicyclic amines) is 1. The van der Waals surface area contributed by atoms with Crippen LogP contribution in [0.25, 0.3) is 11.3 Å². The number of nitrogens with two attached hydrogens (primary N) is 2. The molecular formula is C61H74F4N8O10. The number of aliphatic hydroxyl groups is 1. The van der Waals surface area contributed by atoms with Crippen LogP contribution in [0.4, 0.5) is 33.7 Å². The molecule has 0 spiro atoms. The number of hydrogen-bond donors (Lipinski definition) is 5. The number of aliphatic hydroxyl groups excluding tert-OH is 1. The molecule has 6 rings (SSSR count). The Morgan fingerprint density at radius 1 is 0.880 bits per heavy atom. The van der Waals surface area contributed by atoms with Crippen LogP contribution in [0.15, 0.2) is 91.1 Å². The first kappa shape index (κ1) is 64.0. The van der Waals surface area contributed by atoms with Gasteiger partial charge in [-0.05, 0) is 103 Å².